The molecule has 0 aliphatic rings. The first-order valence-electron chi connectivity index (χ1n) is 7.56. The van der Waals surface area contributed by atoms with Crippen LogP contribution < -0.4 is 0 Å². The van der Waals surface area contributed by atoms with Gasteiger partial charge in [-0.15, -0.1) is 0 Å². The molecule has 0 bridgehead atoms. The summed E-state index contributed by atoms with van der Waals surface area (Å²) in [5, 5.41) is 0. The van der Waals surface area contributed by atoms with Crippen molar-refractivity contribution in [3.05, 3.63) is 41.5 Å². The highest BCUT2D eigenvalue weighted by atomic mass is 16.5. The first-order chi connectivity index (χ1) is 9.65. The SMILES string of the molecule is COC(=C(COCC(C)(C)C)C(C)(C)C)c1ccccc1. The van der Waals surface area contributed by atoms with Gasteiger partial charge in [-0.3, -0.25) is 0 Å². The van der Waals surface area contributed by atoms with Crippen LogP contribution >= 0.6 is 0 Å². The molecule has 0 amide bonds. The van der Waals surface area contributed by atoms with Crippen LogP contribution in [0.3, 0.4) is 0 Å². The summed E-state index contributed by atoms with van der Waals surface area (Å²) < 4.78 is 11.7. The Hall–Kier alpha value is -1.28. The van der Waals surface area contributed by atoms with Crippen molar-refractivity contribution in [1.29, 1.82) is 0 Å². The average Bonchev–Trinajstić information content (AvgIpc) is 2.36. The number of methoxy groups -OCH3 is 1. The topological polar surface area (TPSA) is 18.5 Å². The molecule has 1 rings (SSSR count). The Kier molecular flexibility index (Phi) is 6.03. The zero-order chi connectivity index (χ0) is 16.1. The first-order valence-corrected chi connectivity index (χ1v) is 7.56. The summed E-state index contributed by atoms with van der Waals surface area (Å²) in [5.41, 5.74) is 2.46. The van der Waals surface area contributed by atoms with E-state index in [0.717, 1.165) is 17.9 Å². The highest BCUT2D eigenvalue weighted by Gasteiger charge is 2.24. The molecule has 0 aromatic heterocycles. The third-order valence-electron chi connectivity index (χ3n) is 3.20. The molecule has 0 saturated carbocycles. The molecule has 0 fully saturated rings. The van der Waals surface area contributed by atoms with Crippen molar-refractivity contribution in [3.63, 3.8) is 0 Å². The van der Waals surface area contributed by atoms with E-state index in [0.29, 0.717) is 6.61 Å². The molecule has 0 aliphatic heterocycles. The van der Waals surface area contributed by atoms with E-state index < -0.39 is 0 Å². The van der Waals surface area contributed by atoms with Crippen molar-refractivity contribution in [2.24, 2.45) is 10.8 Å². The summed E-state index contributed by atoms with van der Waals surface area (Å²) >= 11 is 0. The second-order valence-corrected chi connectivity index (χ2v) is 7.68. The van der Waals surface area contributed by atoms with Crippen LogP contribution in [0.15, 0.2) is 35.9 Å². The molecule has 0 atom stereocenters. The van der Waals surface area contributed by atoms with E-state index >= 15 is 0 Å². The van der Waals surface area contributed by atoms with Crippen LogP contribution in [0.25, 0.3) is 5.76 Å². The third kappa shape index (κ3) is 5.92. The molecule has 0 heterocycles. The molecular formula is C19H30O2. The monoisotopic (exact) mass is 290 g/mol. The van der Waals surface area contributed by atoms with Gasteiger partial charge >= 0.3 is 0 Å². The minimum Gasteiger partial charge on any atom is -0.496 e. The lowest BCUT2D eigenvalue weighted by atomic mass is 9.84. The lowest BCUT2D eigenvalue weighted by Crippen LogP contribution is -2.21. The summed E-state index contributed by atoms with van der Waals surface area (Å²) in [5.74, 6) is 0.928. The van der Waals surface area contributed by atoms with Gasteiger partial charge in [0.15, 0.2) is 0 Å². The lowest BCUT2D eigenvalue weighted by Gasteiger charge is -2.28. The number of hydrogen-bond acceptors (Lipinski definition) is 2. The quantitative estimate of drug-likeness (QED) is 0.698. The molecule has 0 N–H and O–H groups in total. The van der Waals surface area contributed by atoms with Gasteiger partial charge in [0.2, 0.25) is 0 Å². The highest BCUT2D eigenvalue weighted by molar-refractivity contribution is 5.64. The maximum absolute atomic E-state index is 5.95. The predicted octanol–water partition coefficient (Wildman–Crippen LogP) is 5.15. The van der Waals surface area contributed by atoms with Gasteiger partial charge in [-0.1, -0.05) is 71.9 Å². The van der Waals surface area contributed by atoms with Gasteiger partial charge < -0.3 is 9.47 Å². The number of benzene rings is 1. The summed E-state index contributed by atoms with van der Waals surface area (Å²) in [6.07, 6.45) is 0. The van der Waals surface area contributed by atoms with E-state index in [1.807, 2.05) is 18.2 Å². The normalized spacial score (nSPS) is 13.9. The first kappa shape index (κ1) is 17.8. The number of ether oxygens (including phenoxy) is 2. The van der Waals surface area contributed by atoms with Crippen molar-refractivity contribution >= 4 is 5.76 Å². The smallest absolute Gasteiger partial charge is 0.128 e. The molecule has 0 saturated heterocycles. The molecule has 0 radical (unpaired) electrons. The van der Waals surface area contributed by atoms with Crippen molar-refractivity contribution in [3.8, 4) is 0 Å². The van der Waals surface area contributed by atoms with Crippen LogP contribution in [-0.2, 0) is 9.47 Å². The molecule has 1 aromatic rings. The van der Waals surface area contributed by atoms with E-state index in [1.165, 1.54) is 5.57 Å². The van der Waals surface area contributed by atoms with Gasteiger partial charge in [-0.2, -0.15) is 0 Å². The zero-order valence-corrected chi connectivity index (χ0v) is 14.6. The fourth-order valence-corrected chi connectivity index (χ4v) is 2.09. The standard InChI is InChI=1S/C19H30O2/c1-18(2,3)14-21-13-16(19(4,5)6)17(20-7)15-11-9-8-10-12-15/h8-12H,13-14H2,1-7H3. The van der Waals surface area contributed by atoms with Gasteiger partial charge in [-0.05, 0) is 10.8 Å². The maximum Gasteiger partial charge on any atom is 0.128 e. The van der Waals surface area contributed by atoms with Crippen molar-refractivity contribution in [2.75, 3.05) is 20.3 Å². The molecule has 0 aliphatic carbocycles. The Morgan fingerprint density at radius 2 is 1.52 bits per heavy atom. The van der Waals surface area contributed by atoms with Gasteiger partial charge in [0.1, 0.15) is 5.76 Å². The molecule has 2 heteroatoms. The molecule has 21 heavy (non-hydrogen) atoms. The van der Waals surface area contributed by atoms with Crippen LogP contribution in [0.5, 0.6) is 0 Å². The van der Waals surface area contributed by atoms with Crippen molar-refractivity contribution < 1.29 is 9.47 Å². The molecule has 0 unspecified atom stereocenters. The molecule has 0 spiro atoms. The fourth-order valence-electron chi connectivity index (χ4n) is 2.09. The van der Waals surface area contributed by atoms with Crippen LogP contribution in [-0.4, -0.2) is 20.3 Å². The summed E-state index contributed by atoms with van der Waals surface area (Å²) in [6, 6.07) is 10.2. The van der Waals surface area contributed by atoms with E-state index in [-0.39, 0.29) is 10.8 Å². The third-order valence-corrected chi connectivity index (χ3v) is 3.20. The minimum absolute atomic E-state index is 0.000924. The van der Waals surface area contributed by atoms with Crippen molar-refractivity contribution in [1.82, 2.24) is 0 Å². The van der Waals surface area contributed by atoms with Gasteiger partial charge in [0.05, 0.1) is 20.3 Å². The highest BCUT2D eigenvalue weighted by Crippen LogP contribution is 2.33. The van der Waals surface area contributed by atoms with Crippen LogP contribution in [0.2, 0.25) is 0 Å². The Labute approximate surface area is 130 Å². The van der Waals surface area contributed by atoms with E-state index in [2.05, 4.69) is 53.7 Å². The lowest BCUT2D eigenvalue weighted by molar-refractivity contribution is 0.0787. The van der Waals surface area contributed by atoms with E-state index in [1.54, 1.807) is 7.11 Å². The van der Waals surface area contributed by atoms with Gasteiger partial charge in [0.25, 0.3) is 0 Å². The number of hydrogen-bond donors (Lipinski definition) is 0. The molecule has 1 aromatic carbocycles. The largest absolute Gasteiger partial charge is 0.496 e. The van der Waals surface area contributed by atoms with Gasteiger partial charge in [-0.25, -0.2) is 0 Å². The van der Waals surface area contributed by atoms with Crippen molar-refractivity contribution in [2.45, 2.75) is 41.5 Å². The fraction of sp³-hybridized carbons (Fsp3) is 0.579. The van der Waals surface area contributed by atoms with Crippen LogP contribution in [0.1, 0.15) is 47.1 Å². The van der Waals surface area contributed by atoms with Gasteiger partial charge in [0, 0.05) is 11.1 Å². The summed E-state index contributed by atoms with van der Waals surface area (Å²) in [4.78, 5) is 0. The minimum atomic E-state index is -0.000924. The molecule has 118 valence electrons. The summed E-state index contributed by atoms with van der Waals surface area (Å²) in [6.45, 7) is 14.5. The predicted molar refractivity (Wildman–Crippen MR) is 90.1 cm³/mol. The summed E-state index contributed by atoms with van der Waals surface area (Å²) in [7, 11) is 1.73. The maximum atomic E-state index is 5.95. The van der Waals surface area contributed by atoms with Crippen LogP contribution in [0.4, 0.5) is 0 Å². The number of rotatable bonds is 5. The van der Waals surface area contributed by atoms with E-state index in [9.17, 15) is 0 Å². The van der Waals surface area contributed by atoms with Crippen LogP contribution in [0, 0.1) is 10.8 Å². The Morgan fingerprint density at radius 1 is 0.952 bits per heavy atom. The molecule has 2 nitrogen and oxygen atoms in total. The second kappa shape index (κ2) is 7.13. The molecular weight excluding hydrogens is 260 g/mol. The zero-order valence-electron chi connectivity index (χ0n) is 14.6. The Morgan fingerprint density at radius 3 is 1.95 bits per heavy atom. The average molecular weight is 290 g/mol. The Balaban J connectivity index is 3.07. The second-order valence-electron chi connectivity index (χ2n) is 7.68. The van der Waals surface area contributed by atoms with E-state index in [4.69, 9.17) is 9.47 Å². The Bertz CT molecular complexity index is 459.